The number of thiazole rings is 1. The zero-order chi connectivity index (χ0) is 18.0. The van der Waals surface area contributed by atoms with Crippen molar-refractivity contribution >= 4 is 44.6 Å². The Kier molecular flexibility index (Phi) is 6.03. The Bertz CT molecular complexity index is 847. The van der Waals surface area contributed by atoms with Gasteiger partial charge in [-0.25, -0.2) is 13.4 Å². The van der Waals surface area contributed by atoms with E-state index in [0.29, 0.717) is 41.8 Å². The number of hydrogen-bond donors (Lipinski definition) is 0. The lowest BCUT2D eigenvalue weighted by Gasteiger charge is -2.33. The van der Waals surface area contributed by atoms with Gasteiger partial charge in [0.05, 0.1) is 26.5 Å². The van der Waals surface area contributed by atoms with E-state index in [0.717, 1.165) is 17.2 Å². The summed E-state index contributed by atoms with van der Waals surface area (Å²) in [5.41, 5.74) is 1.70. The molecule has 3 rings (SSSR count). The Morgan fingerprint density at radius 1 is 1.16 bits per heavy atom. The molecule has 0 spiro atoms. The average Bonchev–Trinajstić information content (AvgIpc) is 2.96. The van der Waals surface area contributed by atoms with Crippen LogP contribution >= 0.6 is 34.5 Å². The number of rotatable bonds is 5. The number of nitrogens with zero attached hydrogens (tertiary/aromatic N) is 3. The molecule has 25 heavy (non-hydrogen) atoms. The van der Waals surface area contributed by atoms with Crippen LogP contribution in [0.3, 0.4) is 0 Å². The zero-order valence-corrected chi connectivity index (χ0v) is 16.9. The molecule has 0 aliphatic carbocycles. The molecular weight excluding hydrogens is 401 g/mol. The van der Waals surface area contributed by atoms with E-state index in [1.54, 1.807) is 33.8 Å². The Hall–Kier alpha value is -0.700. The van der Waals surface area contributed by atoms with Crippen LogP contribution < -0.4 is 0 Å². The molecule has 1 aliphatic heterocycles. The Morgan fingerprint density at radius 2 is 1.88 bits per heavy atom. The normalized spacial score (nSPS) is 17.1. The molecule has 5 nitrogen and oxygen atoms in total. The van der Waals surface area contributed by atoms with Crippen molar-refractivity contribution in [2.45, 2.75) is 19.2 Å². The highest BCUT2D eigenvalue weighted by atomic mass is 35.5. The Balaban J connectivity index is 1.58. The topological polar surface area (TPSA) is 53.5 Å². The number of aryl methyl sites for hydroxylation is 1. The fourth-order valence-corrected chi connectivity index (χ4v) is 5.23. The summed E-state index contributed by atoms with van der Waals surface area (Å²) in [7, 11) is -3.37. The number of sulfonamides is 1. The van der Waals surface area contributed by atoms with Crippen molar-refractivity contribution in [1.29, 1.82) is 0 Å². The van der Waals surface area contributed by atoms with Crippen LogP contribution in [-0.4, -0.2) is 48.8 Å². The van der Waals surface area contributed by atoms with Gasteiger partial charge in [0.2, 0.25) is 10.0 Å². The van der Waals surface area contributed by atoms with E-state index in [1.165, 1.54) is 0 Å². The predicted octanol–water partition coefficient (Wildman–Crippen LogP) is 3.41. The Labute approximate surface area is 162 Å². The average molecular weight is 420 g/mol. The maximum Gasteiger partial charge on any atom is 0.218 e. The summed E-state index contributed by atoms with van der Waals surface area (Å²) < 4.78 is 26.8. The minimum atomic E-state index is -3.37. The number of benzene rings is 1. The molecular formula is C16H19Cl2N3O2S2. The van der Waals surface area contributed by atoms with E-state index in [4.69, 9.17) is 23.2 Å². The summed E-state index contributed by atoms with van der Waals surface area (Å²) >= 11 is 13.5. The van der Waals surface area contributed by atoms with Gasteiger partial charge in [-0.2, -0.15) is 4.31 Å². The molecule has 2 aromatic rings. The van der Waals surface area contributed by atoms with Gasteiger partial charge in [-0.1, -0.05) is 29.3 Å². The molecule has 1 aromatic heterocycles. The second-order valence-electron chi connectivity index (χ2n) is 6.04. The third-order valence-electron chi connectivity index (χ3n) is 4.11. The van der Waals surface area contributed by atoms with E-state index in [9.17, 15) is 8.42 Å². The van der Waals surface area contributed by atoms with Crippen LogP contribution in [-0.2, 0) is 22.3 Å². The van der Waals surface area contributed by atoms with Crippen molar-refractivity contribution in [1.82, 2.24) is 14.2 Å². The van der Waals surface area contributed by atoms with Gasteiger partial charge in [0.15, 0.2) is 0 Å². The highest BCUT2D eigenvalue weighted by Crippen LogP contribution is 2.24. The molecule has 0 saturated carbocycles. The largest absolute Gasteiger partial charge is 0.295 e. The standard InChI is InChI=1S/C16H19Cl2N3O2S2/c1-12-19-14(10-24-12)9-20-4-6-21(7-5-20)25(22,23)11-13-2-3-15(17)16(18)8-13/h2-3,8,10H,4-7,9,11H2,1H3. The predicted molar refractivity (Wildman–Crippen MR) is 103 cm³/mol. The number of aromatic nitrogens is 1. The second kappa shape index (κ2) is 7.90. The fraction of sp³-hybridized carbons (Fsp3) is 0.438. The number of halogens is 2. The van der Waals surface area contributed by atoms with E-state index in [-0.39, 0.29) is 5.75 Å². The first-order valence-electron chi connectivity index (χ1n) is 7.88. The van der Waals surface area contributed by atoms with Crippen LogP contribution in [0.5, 0.6) is 0 Å². The molecule has 0 bridgehead atoms. The lowest BCUT2D eigenvalue weighted by Crippen LogP contribution is -2.48. The van der Waals surface area contributed by atoms with Gasteiger partial charge in [0.1, 0.15) is 0 Å². The van der Waals surface area contributed by atoms with Crippen molar-refractivity contribution in [3.63, 3.8) is 0 Å². The zero-order valence-electron chi connectivity index (χ0n) is 13.8. The third kappa shape index (κ3) is 4.93. The number of piperazine rings is 1. The Morgan fingerprint density at radius 3 is 2.48 bits per heavy atom. The molecule has 1 saturated heterocycles. The first-order valence-corrected chi connectivity index (χ1v) is 11.1. The van der Waals surface area contributed by atoms with Crippen LogP contribution in [0.2, 0.25) is 10.0 Å². The lowest BCUT2D eigenvalue weighted by atomic mass is 10.2. The summed E-state index contributed by atoms with van der Waals surface area (Å²) in [5, 5.41) is 3.91. The highest BCUT2D eigenvalue weighted by Gasteiger charge is 2.27. The quantitative estimate of drug-likeness (QED) is 0.744. The summed E-state index contributed by atoms with van der Waals surface area (Å²) in [6.07, 6.45) is 0. The van der Waals surface area contributed by atoms with Crippen molar-refractivity contribution in [2.75, 3.05) is 26.2 Å². The summed E-state index contributed by atoms with van der Waals surface area (Å²) in [6, 6.07) is 4.94. The lowest BCUT2D eigenvalue weighted by molar-refractivity contribution is 0.180. The van der Waals surface area contributed by atoms with Crippen LogP contribution in [0.4, 0.5) is 0 Å². The smallest absolute Gasteiger partial charge is 0.218 e. The molecule has 1 fully saturated rings. The van der Waals surface area contributed by atoms with Crippen LogP contribution in [0.1, 0.15) is 16.3 Å². The van der Waals surface area contributed by atoms with Gasteiger partial charge in [0, 0.05) is 38.1 Å². The van der Waals surface area contributed by atoms with Gasteiger partial charge in [-0.15, -0.1) is 11.3 Å². The van der Waals surface area contributed by atoms with Gasteiger partial charge >= 0.3 is 0 Å². The molecule has 9 heteroatoms. The van der Waals surface area contributed by atoms with Crippen LogP contribution in [0, 0.1) is 6.92 Å². The summed E-state index contributed by atoms with van der Waals surface area (Å²) in [6.45, 7) is 5.15. The van der Waals surface area contributed by atoms with E-state index >= 15 is 0 Å². The molecule has 1 aliphatic rings. The van der Waals surface area contributed by atoms with Gasteiger partial charge in [-0.3, -0.25) is 4.90 Å². The number of hydrogen-bond acceptors (Lipinski definition) is 5. The highest BCUT2D eigenvalue weighted by molar-refractivity contribution is 7.88. The summed E-state index contributed by atoms with van der Waals surface area (Å²) in [4.78, 5) is 6.70. The molecule has 0 atom stereocenters. The van der Waals surface area contributed by atoms with E-state index in [2.05, 4.69) is 15.3 Å². The molecule has 136 valence electrons. The molecule has 0 radical (unpaired) electrons. The van der Waals surface area contributed by atoms with Gasteiger partial charge in [0.25, 0.3) is 0 Å². The SMILES string of the molecule is Cc1nc(CN2CCN(S(=O)(=O)Cc3ccc(Cl)c(Cl)c3)CC2)cs1. The molecule has 0 N–H and O–H groups in total. The molecule has 0 unspecified atom stereocenters. The minimum absolute atomic E-state index is 0.0603. The first-order chi connectivity index (χ1) is 11.8. The molecule has 0 amide bonds. The monoisotopic (exact) mass is 419 g/mol. The minimum Gasteiger partial charge on any atom is -0.295 e. The van der Waals surface area contributed by atoms with E-state index < -0.39 is 10.0 Å². The molecule has 2 heterocycles. The van der Waals surface area contributed by atoms with Gasteiger partial charge in [-0.05, 0) is 24.6 Å². The van der Waals surface area contributed by atoms with Gasteiger partial charge < -0.3 is 0 Å². The van der Waals surface area contributed by atoms with Crippen LogP contribution in [0.25, 0.3) is 0 Å². The maximum atomic E-state index is 12.6. The first kappa shape index (κ1) is 19.1. The van der Waals surface area contributed by atoms with Crippen molar-refractivity contribution in [2.24, 2.45) is 0 Å². The second-order valence-corrected chi connectivity index (χ2v) is 9.88. The molecule has 1 aromatic carbocycles. The third-order valence-corrected chi connectivity index (χ3v) is 7.52. The summed E-state index contributed by atoms with van der Waals surface area (Å²) in [5.74, 6) is -0.0603. The van der Waals surface area contributed by atoms with Crippen molar-refractivity contribution < 1.29 is 8.42 Å². The van der Waals surface area contributed by atoms with Crippen molar-refractivity contribution in [3.8, 4) is 0 Å². The van der Waals surface area contributed by atoms with Crippen molar-refractivity contribution in [3.05, 3.63) is 49.9 Å². The fourth-order valence-electron chi connectivity index (χ4n) is 2.81. The van der Waals surface area contributed by atoms with E-state index in [1.807, 2.05) is 6.92 Å². The maximum absolute atomic E-state index is 12.6. The van der Waals surface area contributed by atoms with Crippen LogP contribution in [0.15, 0.2) is 23.6 Å².